The van der Waals surface area contributed by atoms with Gasteiger partial charge in [0.1, 0.15) is 5.60 Å². The van der Waals surface area contributed by atoms with Crippen LogP contribution in [0.2, 0.25) is 0 Å². The molecule has 1 aromatic carbocycles. The molecule has 10 aliphatic carbocycles. The summed E-state index contributed by atoms with van der Waals surface area (Å²) < 4.78 is 35.3. The Morgan fingerprint density at radius 2 is 1.56 bits per heavy atom. The standard InChI is InChI=1S/C41H49F2NO4/c1-36-8-5-28(45)20-39(36)11-12-41(29(21-39)34(46)27-3-4-30(42)31(43)16-27)32(36)6-9-37(2)33(41)7-10-40(37)23-44(35(47)48-40)22-38-17-24-13-25(18-38)15-26(14-24)19-38/h3-4,11-12,16,21,24-26,28,32-33,45H,5-10,13-15,17-20,22-23H2,1-2H3/t24?,25?,26?,28-,32+,33+,36+,37-,38?,39-,40+,41-/m0/s1. The van der Waals surface area contributed by atoms with Crippen LogP contribution in [0.1, 0.15) is 108 Å². The minimum absolute atomic E-state index is 0.0507. The highest BCUT2D eigenvalue weighted by Crippen LogP contribution is 2.79. The van der Waals surface area contributed by atoms with E-state index in [1.165, 1.54) is 44.6 Å². The van der Waals surface area contributed by atoms with Crippen molar-refractivity contribution >= 4 is 11.9 Å². The first-order chi connectivity index (χ1) is 22.8. The third-order valence-corrected chi connectivity index (χ3v) is 16.8. The number of hydrogen-bond acceptors (Lipinski definition) is 4. The lowest BCUT2D eigenvalue weighted by atomic mass is 9.32. The number of Topliss-reactive ketones (excluding diaryl/α,β-unsaturated/α-hetero) is 1. The number of rotatable bonds is 4. The Balaban J connectivity index is 1.04. The summed E-state index contributed by atoms with van der Waals surface area (Å²) in [6.07, 6.45) is 19.6. The van der Waals surface area contributed by atoms with Crippen molar-refractivity contribution in [3.05, 3.63) is 59.2 Å². The van der Waals surface area contributed by atoms with Crippen LogP contribution < -0.4 is 0 Å². The number of hydrogen-bond donors (Lipinski definition) is 1. The largest absolute Gasteiger partial charge is 0.440 e. The van der Waals surface area contributed by atoms with E-state index in [4.69, 9.17) is 4.74 Å². The molecule has 0 radical (unpaired) electrons. The third kappa shape index (κ3) is 3.60. The highest BCUT2D eigenvalue weighted by atomic mass is 19.2. The molecule has 1 saturated heterocycles. The van der Waals surface area contributed by atoms with Gasteiger partial charge in [-0.2, -0.15) is 0 Å². The molecule has 0 unspecified atom stereocenters. The Labute approximate surface area is 282 Å². The van der Waals surface area contributed by atoms with E-state index in [2.05, 4.69) is 37.0 Å². The molecule has 1 heterocycles. The lowest BCUT2D eigenvalue weighted by Crippen LogP contribution is -2.67. The Kier molecular flexibility index (Phi) is 5.94. The maximum atomic E-state index is 14.7. The van der Waals surface area contributed by atoms with Crippen LogP contribution in [0.15, 0.2) is 42.0 Å². The summed E-state index contributed by atoms with van der Waals surface area (Å²) in [5.74, 6) is 0.440. The summed E-state index contributed by atoms with van der Waals surface area (Å²) in [6, 6.07) is 3.50. The number of aliphatic hydroxyl groups excluding tert-OH is 1. The lowest BCUT2D eigenvalue weighted by molar-refractivity contribution is -0.164. The van der Waals surface area contributed by atoms with Crippen molar-refractivity contribution in [3.63, 3.8) is 0 Å². The van der Waals surface area contributed by atoms with Crippen molar-refractivity contribution in [2.45, 2.75) is 109 Å². The molecule has 8 atom stereocenters. The molecule has 8 fully saturated rings. The highest BCUT2D eigenvalue weighted by Gasteiger charge is 2.76. The summed E-state index contributed by atoms with van der Waals surface area (Å²) in [7, 11) is 0. The molecule has 7 saturated carbocycles. The van der Waals surface area contributed by atoms with E-state index in [-0.39, 0.29) is 45.5 Å². The second-order valence-corrected chi connectivity index (χ2v) is 18.9. The minimum atomic E-state index is -1.02. The molecular weight excluding hydrogens is 608 g/mol. The zero-order chi connectivity index (χ0) is 33.1. The number of ether oxygens (including phenoxy) is 1. The summed E-state index contributed by atoms with van der Waals surface area (Å²) in [4.78, 5) is 30.7. The van der Waals surface area contributed by atoms with E-state index >= 15 is 0 Å². The number of amides is 1. The average Bonchev–Trinajstić information content (AvgIpc) is 3.51. The van der Waals surface area contributed by atoms with Crippen LogP contribution in [-0.2, 0) is 4.74 Å². The molecule has 12 rings (SSSR count). The number of allylic oxidation sites excluding steroid dienone is 4. The van der Waals surface area contributed by atoms with E-state index in [1.54, 1.807) is 0 Å². The zero-order valence-corrected chi connectivity index (χ0v) is 28.4. The van der Waals surface area contributed by atoms with Gasteiger partial charge in [-0.3, -0.25) is 4.79 Å². The number of carbonyl (C=O) groups is 2. The molecule has 1 amide bonds. The normalized spacial score (nSPS) is 50.7. The molecule has 1 N–H and O–H groups in total. The van der Waals surface area contributed by atoms with Crippen LogP contribution in [0.5, 0.6) is 0 Å². The first kappa shape index (κ1) is 30.3. The van der Waals surface area contributed by atoms with Crippen LogP contribution >= 0.6 is 0 Å². The van der Waals surface area contributed by atoms with Crippen LogP contribution in [0.4, 0.5) is 13.6 Å². The maximum Gasteiger partial charge on any atom is 0.410 e. The van der Waals surface area contributed by atoms with Gasteiger partial charge in [-0.1, -0.05) is 32.1 Å². The van der Waals surface area contributed by atoms with Gasteiger partial charge < -0.3 is 14.7 Å². The fraction of sp³-hybridized carbons (Fsp3) is 0.707. The maximum absolute atomic E-state index is 14.7. The number of halogens is 2. The molecule has 6 bridgehead atoms. The number of fused-ring (bicyclic) bond motifs is 2. The second-order valence-electron chi connectivity index (χ2n) is 18.9. The van der Waals surface area contributed by atoms with Gasteiger partial charge >= 0.3 is 6.09 Å². The second kappa shape index (κ2) is 9.41. The molecule has 256 valence electrons. The summed E-state index contributed by atoms with van der Waals surface area (Å²) in [5.41, 5.74) is -1.12. The number of aliphatic hydroxyl groups is 1. The van der Waals surface area contributed by atoms with Gasteiger partial charge in [0.25, 0.3) is 0 Å². The number of benzene rings is 1. The number of carbonyl (C=O) groups excluding carboxylic acids is 2. The van der Waals surface area contributed by atoms with E-state index < -0.39 is 34.2 Å². The van der Waals surface area contributed by atoms with Crippen LogP contribution in [-0.4, -0.2) is 46.7 Å². The van der Waals surface area contributed by atoms with Crippen molar-refractivity contribution in [2.75, 3.05) is 13.1 Å². The van der Waals surface area contributed by atoms with Crippen LogP contribution in [0.25, 0.3) is 0 Å². The number of ketones is 1. The first-order valence-corrected chi connectivity index (χ1v) is 18.9. The van der Waals surface area contributed by atoms with Gasteiger partial charge in [-0.25, -0.2) is 13.6 Å². The minimum Gasteiger partial charge on any atom is -0.440 e. The smallest absolute Gasteiger partial charge is 0.410 e. The van der Waals surface area contributed by atoms with Gasteiger partial charge in [-0.15, -0.1) is 0 Å². The van der Waals surface area contributed by atoms with Gasteiger partial charge in [0.2, 0.25) is 0 Å². The molecular formula is C41H49F2NO4. The monoisotopic (exact) mass is 657 g/mol. The van der Waals surface area contributed by atoms with E-state index in [1.807, 2.05) is 0 Å². The Bertz CT molecular complexity index is 1670. The predicted octanol–water partition coefficient (Wildman–Crippen LogP) is 8.41. The molecule has 5 nitrogen and oxygen atoms in total. The quantitative estimate of drug-likeness (QED) is 0.261. The molecule has 11 aliphatic rings. The topological polar surface area (TPSA) is 66.8 Å². The van der Waals surface area contributed by atoms with Crippen molar-refractivity contribution in [3.8, 4) is 0 Å². The molecule has 0 aromatic heterocycles. The van der Waals surface area contributed by atoms with Crippen molar-refractivity contribution < 1.29 is 28.2 Å². The number of nitrogens with zero attached hydrogens (tertiary/aromatic N) is 1. The molecule has 7 heteroatoms. The SMILES string of the molecule is C[C@]12CC[C@H]3[C@@]4(C=C[C@@]5(C=C4C(=O)c4ccc(F)c(F)c4)C[C@@H](O)CC[C@]35C)[C@@H]1CC[C@@]21CN(CC23CC4CC(CC(C4)C2)C3)C(=O)O1. The van der Waals surface area contributed by atoms with Gasteiger partial charge in [0, 0.05) is 33.9 Å². The predicted molar refractivity (Wildman–Crippen MR) is 176 cm³/mol. The highest BCUT2D eigenvalue weighted by molar-refractivity contribution is 6.10. The molecule has 3 spiro atoms. The van der Waals surface area contributed by atoms with Crippen molar-refractivity contribution in [2.24, 2.45) is 56.7 Å². The first-order valence-electron chi connectivity index (χ1n) is 18.9. The Morgan fingerprint density at radius 1 is 0.896 bits per heavy atom. The van der Waals surface area contributed by atoms with E-state index in [0.717, 1.165) is 75.0 Å². The Hall–Kier alpha value is -2.54. The van der Waals surface area contributed by atoms with Crippen LogP contribution in [0, 0.1) is 68.3 Å². The molecule has 1 aliphatic heterocycles. The lowest BCUT2D eigenvalue weighted by Gasteiger charge is -2.71. The zero-order valence-electron chi connectivity index (χ0n) is 28.4. The summed E-state index contributed by atoms with van der Waals surface area (Å²) >= 11 is 0. The summed E-state index contributed by atoms with van der Waals surface area (Å²) in [6.45, 7) is 6.13. The van der Waals surface area contributed by atoms with Crippen molar-refractivity contribution in [1.82, 2.24) is 4.90 Å². The molecule has 48 heavy (non-hydrogen) atoms. The van der Waals surface area contributed by atoms with Crippen LogP contribution in [0.3, 0.4) is 0 Å². The van der Waals surface area contributed by atoms with Gasteiger partial charge in [0.05, 0.1) is 12.6 Å². The Morgan fingerprint density at radius 3 is 2.27 bits per heavy atom. The fourth-order valence-electron chi connectivity index (χ4n) is 15.2. The van der Waals surface area contributed by atoms with Gasteiger partial charge in [-0.05, 0) is 142 Å². The molecule has 1 aromatic rings. The average molecular weight is 658 g/mol. The van der Waals surface area contributed by atoms with Gasteiger partial charge in [0.15, 0.2) is 17.4 Å². The fourth-order valence-corrected chi connectivity index (χ4v) is 15.2. The van der Waals surface area contributed by atoms with Crippen molar-refractivity contribution in [1.29, 1.82) is 0 Å². The van der Waals surface area contributed by atoms with E-state index in [9.17, 15) is 23.5 Å². The van der Waals surface area contributed by atoms with E-state index in [0.29, 0.717) is 18.5 Å². The summed E-state index contributed by atoms with van der Waals surface area (Å²) in [5, 5.41) is 11.0. The third-order valence-electron chi connectivity index (χ3n) is 16.8.